The number of rotatable bonds is 7. The number of anilines is 2. The molecule has 2 amide bonds. The van der Waals surface area contributed by atoms with Gasteiger partial charge in [-0.2, -0.15) is 0 Å². The average Bonchev–Trinajstić information content (AvgIpc) is 2.91. The van der Waals surface area contributed by atoms with Crippen LogP contribution in [0.4, 0.5) is 11.4 Å². The lowest BCUT2D eigenvalue weighted by Crippen LogP contribution is -2.28. The van der Waals surface area contributed by atoms with Crippen molar-refractivity contribution >= 4 is 34.8 Å². The Kier molecular flexibility index (Phi) is 7.48. The summed E-state index contributed by atoms with van der Waals surface area (Å²) in [5.74, 6) is 0.186. The number of ether oxygens (including phenoxy) is 1. The Morgan fingerprint density at radius 1 is 0.714 bits per heavy atom. The minimum atomic E-state index is -0.208. The summed E-state index contributed by atoms with van der Waals surface area (Å²) in [6.45, 7) is 0.354. The second-order valence-corrected chi connectivity index (χ2v) is 8.46. The predicted molar refractivity (Wildman–Crippen MR) is 141 cm³/mol. The molecule has 176 valence electrons. The van der Waals surface area contributed by atoms with E-state index < -0.39 is 0 Å². The zero-order valence-corrected chi connectivity index (χ0v) is 20.3. The summed E-state index contributed by atoms with van der Waals surface area (Å²) in [7, 11) is 3.41. The lowest BCUT2D eigenvalue weighted by molar-refractivity contribution is 0.0986. The summed E-state index contributed by atoms with van der Waals surface area (Å²) >= 11 is 6.20. The molecule has 0 aromatic heterocycles. The number of hydrogen-bond donors (Lipinski definition) is 0. The van der Waals surface area contributed by atoms with Gasteiger partial charge in [-0.15, -0.1) is 0 Å². The molecule has 0 radical (unpaired) electrons. The van der Waals surface area contributed by atoms with Gasteiger partial charge in [0, 0.05) is 42.0 Å². The van der Waals surface area contributed by atoms with E-state index >= 15 is 0 Å². The van der Waals surface area contributed by atoms with E-state index in [0.29, 0.717) is 39.9 Å². The molecule has 0 unspecified atom stereocenters. The third kappa shape index (κ3) is 5.70. The Morgan fingerprint density at radius 2 is 1.29 bits per heavy atom. The summed E-state index contributed by atoms with van der Waals surface area (Å²) in [6.07, 6.45) is 0. The second kappa shape index (κ2) is 10.9. The van der Waals surface area contributed by atoms with Crippen molar-refractivity contribution in [1.82, 2.24) is 0 Å². The van der Waals surface area contributed by atoms with E-state index in [1.807, 2.05) is 48.5 Å². The third-order valence-corrected chi connectivity index (χ3v) is 5.89. The Hall–Kier alpha value is -4.09. The number of benzene rings is 4. The summed E-state index contributed by atoms with van der Waals surface area (Å²) in [5, 5.41) is 0.521. The monoisotopic (exact) mass is 484 g/mol. The van der Waals surface area contributed by atoms with Gasteiger partial charge in [0.05, 0.1) is 5.69 Å². The molecule has 0 bridgehead atoms. The van der Waals surface area contributed by atoms with Crippen molar-refractivity contribution in [2.45, 2.75) is 6.61 Å². The minimum absolute atomic E-state index is 0.122. The molecular formula is C29H25ClN2O3. The zero-order chi connectivity index (χ0) is 24.8. The van der Waals surface area contributed by atoms with Crippen molar-refractivity contribution in [2.24, 2.45) is 0 Å². The highest BCUT2D eigenvalue weighted by Gasteiger charge is 2.19. The Balaban J connectivity index is 1.50. The van der Waals surface area contributed by atoms with Crippen LogP contribution in [0.25, 0.3) is 0 Å². The molecule has 0 aliphatic rings. The molecule has 4 rings (SSSR count). The fourth-order valence-electron chi connectivity index (χ4n) is 3.64. The zero-order valence-electron chi connectivity index (χ0n) is 19.5. The Labute approximate surface area is 210 Å². The van der Waals surface area contributed by atoms with Gasteiger partial charge >= 0.3 is 0 Å². The molecule has 0 fully saturated rings. The molecule has 6 heteroatoms. The quantitative estimate of drug-likeness (QED) is 0.302. The number of carbonyl (C=O) groups excluding carboxylic acids is 2. The van der Waals surface area contributed by atoms with E-state index in [-0.39, 0.29) is 11.8 Å². The molecule has 0 spiro atoms. The fraction of sp³-hybridized carbons (Fsp3) is 0.103. The van der Waals surface area contributed by atoms with Gasteiger partial charge in [-0.25, -0.2) is 0 Å². The highest BCUT2D eigenvalue weighted by molar-refractivity contribution is 6.30. The van der Waals surface area contributed by atoms with Gasteiger partial charge in [-0.3, -0.25) is 9.59 Å². The van der Waals surface area contributed by atoms with E-state index in [9.17, 15) is 9.59 Å². The van der Waals surface area contributed by atoms with Crippen LogP contribution < -0.4 is 14.5 Å². The molecule has 0 aliphatic carbocycles. The van der Waals surface area contributed by atoms with Crippen molar-refractivity contribution in [3.8, 4) is 5.75 Å². The first-order chi connectivity index (χ1) is 16.9. The van der Waals surface area contributed by atoms with Crippen LogP contribution in [0, 0.1) is 0 Å². The van der Waals surface area contributed by atoms with E-state index in [0.717, 1.165) is 5.56 Å². The van der Waals surface area contributed by atoms with Crippen LogP contribution in [0.15, 0.2) is 103 Å². The lowest BCUT2D eigenvalue weighted by atomic mass is 10.1. The molecule has 4 aromatic rings. The van der Waals surface area contributed by atoms with E-state index in [1.54, 1.807) is 73.6 Å². The second-order valence-electron chi connectivity index (χ2n) is 8.03. The van der Waals surface area contributed by atoms with E-state index in [1.165, 1.54) is 4.90 Å². The van der Waals surface area contributed by atoms with Crippen molar-refractivity contribution < 1.29 is 14.3 Å². The minimum Gasteiger partial charge on any atom is -0.487 e. The molecule has 35 heavy (non-hydrogen) atoms. The molecule has 0 aliphatic heterocycles. The number of nitrogens with zero attached hydrogens (tertiary/aromatic N) is 2. The van der Waals surface area contributed by atoms with Crippen LogP contribution in [0.2, 0.25) is 5.02 Å². The molecule has 0 heterocycles. The predicted octanol–water partition coefficient (Wildman–Crippen LogP) is 6.47. The largest absolute Gasteiger partial charge is 0.487 e. The van der Waals surface area contributed by atoms with E-state index in [2.05, 4.69) is 0 Å². The van der Waals surface area contributed by atoms with Gasteiger partial charge in [-0.1, -0.05) is 60.1 Å². The first kappa shape index (κ1) is 24.0. The van der Waals surface area contributed by atoms with Crippen LogP contribution in [-0.2, 0) is 6.61 Å². The fourth-order valence-corrected chi connectivity index (χ4v) is 3.80. The number of hydrogen-bond acceptors (Lipinski definition) is 3. The Bertz CT molecular complexity index is 1310. The highest BCUT2D eigenvalue weighted by atomic mass is 35.5. The maximum Gasteiger partial charge on any atom is 0.258 e. The topological polar surface area (TPSA) is 49.9 Å². The molecule has 0 N–H and O–H groups in total. The van der Waals surface area contributed by atoms with Crippen LogP contribution in [0.1, 0.15) is 26.3 Å². The standard InChI is InChI=1S/C29H25ClN2O3/c1-31(28(33)22-11-7-4-8-12-22)25-16-13-23(14-17-25)29(34)32(2)26-18-15-24(30)19-27(26)35-20-21-9-5-3-6-10-21/h3-19H,20H2,1-2H3. The number of halogens is 1. The number of amides is 2. The molecule has 0 saturated heterocycles. The number of carbonyl (C=O) groups is 2. The molecule has 0 saturated carbocycles. The van der Waals surface area contributed by atoms with Gasteiger partial charge < -0.3 is 14.5 Å². The van der Waals surface area contributed by atoms with Crippen molar-refractivity contribution in [2.75, 3.05) is 23.9 Å². The van der Waals surface area contributed by atoms with Crippen molar-refractivity contribution in [3.63, 3.8) is 0 Å². The smallest absolute Gasteiger partial charge is 0.258 e. The SMILES string of the molecule is CN(C(=O)c1ccccc1)c1ccc(C(=O)N(C)c2ccc(Cl)cc2OCc2ccccc2)cc1. The van der Waals surface area contributed by atoms with Crippen LogP contribution in [0.3, 0.4) is 0 Å². The molecule has 4 aromatic carbocycles. The van der Waals surface area contributed by atoms with Crippen LogP contribution in [-0.4, -0.2) is 25.9 Å². The van der Waals surface area contributed by atoms with Crippen molar-refractivity contribution in [3.05, 3.63) is 125 Å². The maximum absolute atomic E-state index is 13.2. The van der Waals surface area contributed by atoms with Gasteiger partial charge in [-0.05, 0) is 54.1 Å². The third-order valence-electron chi connectivity index (χ3n) is 5.65. The van der Waals surface area contributed by atoms with Gasteiger partial charge in [0.25, 0.3) is 11.8 Å². The van der Waals surface area contributed by atoms with Gasteiger partial charge in [0.2, 0.25) is 0 Å². The summed E-state index contributed by atoms with van der Waals surface area (Å²) in [6, 6.07) is 31.0. The average molecular weight is 485 g/mol. The first-order valence-corrected chi connectivity index (χ1v) is 11.5. The highest BCUT2D eigenvalue weighted by Crippen LogP contribution is 2.32. The summed E-state index contributed by atoms with van der Waals surface area (Å²) in [4.78, 5) is 29.1. The van der Waals surface area contributed by atoms with E-state index in [4.69, 9.17) is 16.3 Å². The summed E-state index contributed by atoms with van der Waals surface area (Å²) < 4.78 is 6.01. The maximum atomic E-state index is 13.2. The van der Waals surface area contributed by atoms with Crippen molar-refractivity contribution in [1.29, 1.82) is 0 Å². The molecule has 5 nitrogen and oxygen atoms in total. The summed E-state index contributed by atoms with van der Waals surface area (Å²) in [5.41, 5.74) is 3.39. The lowest BCUT2D eigenvalue weighted by Gasteiger charge is -2.22. The van der Waals surface area contributed by atoms with Gasteiger partial charge in [0.1, 0.15) is 12.4 Å². The first-order valence-electron chi connectivity index (χ1n) is 11.1. The van der Waals surface area contributed by atoms with Crippen LogP contribution in [0.5, 0.6) is 5.75 Å². The Morgan fingerprint density at radius 3 is 1.94 bits per heavy atom. The molecule has 0 atom stereocenters. The van der Waals surface area contributed by atoms with Gasteiger partial charge in [0.15, 0.2) is 0 Å². The molecular weight excluding hydrogens is 460 g/mol. The van der Waals surface area contributed by atoms with Crippen LogP contribution >= 0.6 is 11.6 Å². The normalized spacial score (nSPS) is 10.5.